The van der Waals surface area contributed by atoms with Crippen molar-refractivity contribution in [2.75, 3.05) is 19.6 Å². The standard InChI is InChI=1S/C18H22F3N3O2.ClH/c19-18(20,21)14-4-1-3-12(7-14)9-24-10-13(8-16(24)25)17(26)23-6-2-5-15(22)11-23;/h1,3-4,7,13,15H,2,5-6,8-11,22H2;1H. The smallest absolute Gasteiger partial charge is 0.341 e. The Morgan fingerprint density at radius 1 is 1.26 bits per heavy atom. The maximum Gasteiger partial charge on any atom is 0.416 e. The fourth-order valence-electron chi connectivity index (χ4n) is 3.63. The van der Waals surface area contributed by atoms with Crippen LogP contribution in [0.2, 0.25) is 0 Å². The lowest BCUT2D eigenvalue weighted by atomic mass is 10.0. The summed E-state index contributed by atoms with van der Waals surface area (Å²) >= 11 is 0. The monoisotopic (exact) mass is 405 g/mol. The van der Waals surface area contributed by atoms with Crippen LogP contribution in [0.15, 0.2) is 24.3 Å². The van der Waals surface area contributed by atoms with Crippen molar-refractivity contribution in [1.82, 2.24) is 9.80 Å². The Hall–Kier alpha value is -1.80. The van der Waals surface area contributed by atoms with Crippen molar-refractivity contribution in [2.45, 2.75) is 38.0 Å². The number of piperidine rings is 1. The predicted octanol–water partition coefficient (Wildman–Crippen LogP) is 2.43. The lowest BCUT2D eigenvalue weighted by molar-refractivity contribution is -0.138. The molecule has 27 heavy (non-hydrogen) atoms. The number of halogens is 4. The second kappa shape index (κ2) is 8.48. The predicted molar refractivity (Wildman–Crippen MR) is 96.0 cm³/mol. The van der Waals surface area contributed by atoms with Gasteiger partial charge in [0.25, 0.3) is 0 Å². The summed E-state index contributed by atoms with van der Waals surface area (Å²) in [6.07, 6.45) is -2.59. The summed E-state index contributed by atoms with van der Waals surface area (Å²) in [7, 11) is 0. The lowest BCUT2D eigenvalue weighted by Crippen LogP contribution is -2.48. The first-order valence-corrected chi connectivity index (χ1v) is 8.72. The fourth-order valence-corrected chi connectivity index (χ4v) is 3.63. The highest BCUT2D eigenvalue weighted by Crippen LogP contribution is 2.30. The molecule has 0 radical (unpaired) electrons. The molecule has 2 heterocycles. The van der Waals surface area contributed by atoms with Crippen LogP contribution in [0.1, 0.15) is 30.4 Å². The van der Waals surface area contributed by atoms with Crippen molar-refractivity contribution >= 4 is 24.2 Å². The first-order valence-electron chi connectivity index (χ1n) is 8.72. The van der Waals surface area contributed by atoms with Crippen LogP contribution in [0.5, 0.6) is 0 Å². The molecule has 0 spiro atoms. The summed E-state index contributed by atoms with van der Waals surface area (Å²) < 4.78 is 38.5. The molecule has 1 aromatic carbocycles. The van der Waals surface area contributed by atoms with Crippen LogP contribution < -0.4 is 5.73 Å². The van der Waals surface area contributed by atoms with E-state index in [2.05, 4.69) is 0 Å². The molecule has 2 saturated heterocycles. The zero-order chi connectivity index (χ0) is 18.9. The molecule has 2 amide bonds. The summed E-state index contributed by atoms with van der Waals surface area (Å²) in [5, 5.41) is 0. The highest BCUT2D eigenvalue weighted by atomic mass is 35.5. The number of hydrogen-bond acceptors (Lipinski definition) is 3. The van der Waals surface area contributed by atoms with Gasteiger partial charge in [-0.05, 0) is 30.5 Å². The van der Waals surface area contributed by atoms with Crippen LogP contribution >= 0.6 is 12.4 Å². The van der Waals surface area contributed by atoms with E-state index in [1.165, 1.54) is 11.0 Å². The minimum Gasteiger partial charge on any atom is -0.341 e. The van der Waals surface area contributed by atoms with Crippen LogP contribution in [-0.4, -0.2) is 47.3 Å². The second-order valence-electron chi connectivity index (χ2n) is 7.06. The molecule has 1 aromatic rings. The van der Waals surface area contributed by atoms with Gasteiger partial charge in [-0.3, -0.25) is 9.59 Å². The number of hydrogen-bond donors (Lipinski definition) is 1. The topological polar surface area (TPSA) is 66.6 Å². The molecule has 2 aliphatic rings. The first-order chi connectivity index (χ1) is 12.2. The molecule has 2 fully saturated rings. The molecule has 0 saturated carbocycles. The number of alkyl halides is 3. The van der Waals surface area contributed by atoms with Gasteiger partial charge in [-0.2, -0.15) is 13.2 Å². The first kappa shape index (κ1) is 21.5. The average Bonchev–Trinajstić information content (AvgIpc) is 2.94. The van der Waals surface area contributed by atoms with E-state index in [9.17, 15) is 22.8 Å². The molecule has 150 valence electrons. The number of likely N-dealkylation sites (tertiary alicyclic amines) is 2. The van der Waals surface area contributed by atoms with Gasteiger partial charge in [-0.25, -0.2) is 0 Å². The van der Waals surface area contributed by atoms with Crippen LogP contribution in [0.4, 0.5) is 13.2 Å². The number of rotatable bonds is 3. The van der Waals surface area contributed by atoms with Crippen molar-refractivity contribution in [3.63, 3.8) is 0 Å². The summed E-state index contributed by atoms with van der Waals surface area (Å²) in [6, 6.07) is 4.90. The van der Waals surface area contributed by atoms with E-state index in [1.807, 2.05) is 0 Å². The van der Waals surface area contributed by atoms with Gasteiger partial charge in [-0.15, -0.1) is 12.4 Å². The van der Waals surface area contributed by atoms with Gasteiger partial charge in [-0.1, -0.05) is 12.1 Å². The second-order valence-corrected chi connectivity index (χ2v) is 7.06. The van der Waals surface area contributed by atoms with Gasteiger partial charge in [0.15, 0.2) is 0 Å². The summed E-state index contributed by atoms with van der Waals surface area (Å²) in [5.74, 6) is -0.735. The number of amides is 2. The summed E-state index contributed by atoms with van der Waals surface area (Å²) in [4.78, 5) is 28.0. The SMILES string of the molecule is Cl.NC1CCCN(C(=O)C2CC(=O)N(Cc3cccc(C(F)(F)F)c3)C2)C1. The number of carbonyl (C=O) groups excluding carboxylic acids is 2. The molecule has 2 N–H and O–H groups in total. The molecular formula is C18H23ClF3N3O2. The van der Waals surface area contributed by atoms with Crippen LogP contribution in [0.25, 0.3) is 0 Å². The van der Waals surface area contributed by atoms with Crippen LogP contribution in [0.3, 0.4) is 0 Å². The van der Waals surface area contributed by atoms with Gasteiger partial charge in [0.1, 0.15) is 0 Å². The van der Waals surface area contributed by atoms with Crippen molar-refractivity contribution in [3.05, 3.63) is 35.4 Å². The third-order valence-corrected chi connectivity index (χ3v) is 4.96. The average molecular weight is 406 g/mol. The van der Waals surface area contributed by atoms with Crippen molar-refractivity contribution in [1.29, 1.82) is 0 Å². The van der Waals surface area contributed by atoms with Gasteiger partial charge in [0.05, 0.1) is 11.5 Å². The van der Waals surface area contributed by atoms with Gasteiger partial charge in [0.2, 0.25) is 11.8 Å². The quantitative estimate of drug-likeness (QED) is 0.839. The maximum atomic E-state index is 12.8. The van der Waals surface area contributed by atoms with E-state index in [1.54, 1.807) is 11.0 Å². The normalized spacial score (nSPS) is 23.3. The van der Waals surface area contributed by atoms with Crippen molar-refractivity contribution in [3.8, 4) is 0 Å². The molecule has 2 atom stereocenters. The zero-order valence-corrected chi connectivity index (χ0v) is 15.6. The minimum atomic E-state index is -4.42. The Morgan fingerprint density at radius 2 is 2.00 bits per heavy atom. The molecule has 3 rings (SSSR count). The maximum absolute atomic E-state index is 12.8. The molecule has 2 unspecified atom stereocenters. The van der Waals surface area contributed by atoms with Crippen LogP contribution in [-0.2, 0) is 22.3 Å². The molecule has 5 nitrogen and oxygen atoms in total. The van der Waals surface area contributed by atoms with E-state index in [-0.39, 0.29) is 49.8 Å². The lowest BCUT2D eigenvalue weighted by Gasteiger charge is -2.32. The minimum absolute atomic E-state index is 0. The molecular weight excluding hydrogens is 383 g/mol. The number of carbonyl (C=O) groups is 2. The molecule has 0 aromatic heterocycles. The van der Waals surface area contributed by atoms with E-state index < -0.39 is 17.7 Å². The third-order valence-electron chi connectivity index (χ3n) is 4.96. The Bertz CT molecular complexity index is 699. The van der Waals surface area contributed by atoms with E-state index in [0.29, 0.717) is 18.7 Å². The molecule has 0 aliphatic carbocycles. The van der Waals surface area contributed by atoms with E-state index >= 15 is 0 Å². The van der Waals surface area contributed by atoms with Crippen molar-refractivity contribution < 1.29 is 22.8 Å². The van der Waals surface area contributed by atoms with Crippen molar-refractivity contribution in [2.24, 2.45) is 11.7 Å². The summed E-state index contributed by atoms with van der Waals surface area (Å²) in [6.45, 7) is 1.45. The highest BCUT2D eigenvalue weighted by molar-refractivity contribution is 5.89. The fraction of sp³-hybridized carbons (Fsp3) is 0.556. The Morgan fingerprint density at radius 3 is 2.67 bits per heavy atom. The molecule has 0 bridgehead atoms. The summed E-state index contributed by atoms with van der Waals surface area (Å²) in [5.41, 5.74) is 5.57. The largest absolute Gasteiger partial charge is 0.416 e. The van der Waals surface area contributed by atoms with E-state index in [4.69, 9.17) is 5.73 Å². The number of nitrogens with zero attached hydrogens (tertiary/aromatic N) is 2. The van der Waals surface area contributed by atoms with E-state index in [0.717, 1.165) is 25.0 Å². The Kier molecular flexibility index (Phi) is 6.75. The van der Waals surface area contributed by atoms with Gasteiger partial charge in [0, 0.05) is 38.6 Å². The highest BCUT2D eigenvalue weighted by Gasteiger charge is 2.37. The Labute approximate surface area is 162 Å². The van der Waals surface area contributed by atoms with Crippen LogP contribution in [0, 0.1) is 5.92 Å². The molecule has 9 heteroatoms. The zero-order valence-electron chi connectivity index (χ0n) is 14.7. The van der Waals surface area contributed by atoms with Gasteiger partial charge >= 0.3 is 6.18 Å². The number of benzene rings is 1. The number of nitrogens with two attached hydrogens (primary N) is 1. The molecule has 2 aliphatic heterocycles. The Balaban J connectivity index is 0.00000261. The van der Waals surface area contributed by atoms with Gasteiger partial charge < -0.3 is 15.5 Å². The third kappa shape index (κ3) is 5.13.